The molecule has 1 aliphatic carbocycles. The molecule has 0 aliphatic heterocycles. The number of hydrogen-bond donors (Lipinski definition) is 0. The zero-order valence-corrected chi connectivity index (χ0v) is 22.1. The van der Waals surface area contributed by atoms with Gasteiger partial charge in [-0.2, -0.15) is 0 Å². The third-order valence-electron chi connectivity index (χ3n) is 7.42. The van der Waals surface area contributed by atoms with Gasteiger partial charge in [-0.15, -0.1) is 0 Å². The Balaban J connectivity index is 1.77. The summed E-state index contributed by atoms with van der Waals surface area (Å²) >= 11 is 6.17. The molecule has 1 unspecified atom stereocenters. The number of imidazole rings is 1. The fourth-order valence-corrected chi connectivity index (χ4v) is 5.85. The number of esters is 1. The lowest BCUT2D eigenvalue weighted by Crippen LogP contribution is -2.43. The number of benzene rings is 3. The number of aromatic nitrogens is 2. The molecule has 38 heavy (non-hydrogen) atoms. The third kappa shape index (κ3) is 4.69. The van der Waals surface area contributed by atoms with Crippen LogP contribution in [0.3, 0.4) is 0 Å². The van der Waals surface area contributed by atoms with E-state index in [1.165, 1.54) is 13.2 Å². The molecule has 8 heteroatoms. The van der Waals surface area contributed by atoms with E-state index in [1.807, 2.05) is 31.2 Å². The molecule has 4 aromatic rings. The SMILES string of the molecule is CCOC(c1ccc(C(=O)OC)cc1)C1(n2c(-c3ccc(Cl)cc3)nc3cc(F)c(F)cc32)CCCCC1. The largest absolute Gasteiger partial charge is 0.465 e. The summed E-state index contributed by atoms with van der Waals surface area (Å²) in [5.41, 5.74) is 2.34. The average Bonchev–Trinajstić information content (AvgIpc) is 3.31. The van der Waals surface area contributed by atoms with Gasteiger partial charge in [0.15, 0.2) is 11.6 Å². The van der Waals surface area contributed by atoms with E-state index in [-0.39, 0.29) is 0 Å². The van der Waals surface area contributed by atoms with Crippen LogP contribution in [-0.2, 0) is 15.0 Å². The highest BCUT2D eigenvalue weighted by molar-refractivity contribution is 6.30. The van der Waals surface area contributed by atoms with Crippen molar-refractivity contribution in [3.8, 4) is 11.4 Å². The predicted molar refractivity (Wildman–Crippen MR) is 143 cm³/mol. The molecule has 1 aliphatic rings. The summed E-state index contributed by atoms with van der Waals surface area (Å²) < 4.78 is 42.5. The molecular formula is C30H29ClF2N2O3. The predicted octanol–water partition coefficient (Wildman–Crippen LogP) is 7.86. The van der Waals surface area contributed by atoms with E-state index in [9.17, 15) is 13.6 Å². The van der Waals surface area contributed by atoms with Crippen molar-refractivity contribution in [1.29, 1.82) is 0 Å². The normalized spacial score (nSPS) is 15.9. The Morgan fingerprint density at radius 1 is 1.03 bits per heavy atom. The average molecular weight is 539 g/mol. The van der Waals surface area contributed by atoms with Crippen LogP contribution in [0.1, 0.15) is 61.1 Å². The van der Waals surface area contributed by atoms with Gasteiger partial charge in [-0.3, -0.25) is 0 Å². The molecule has 0 amide bonds. The van der Waals surface area contributed by atoms with Gasteiger partial charge >= 0.3 is 5.97 Å². The molecule has 0 saturated heterocycles. The van der Waals surface area contributed by atoms with Gasteiger partial charge in [-0.1, -0.05) is 43.0 Å². The highest BCUT2D eigenvalue weighted by atomic mass is 35.5. The van der Waals surface area contributed by atoms with Gasteiger partial charge in [0.25, 0.3) is 0 Å². The lowest BCUT2D eigenvalue weighted by molar-refractivity contribution is -0.0472. The Bertz CT molecular complexity index is 1450. The van der Waals surface area contributed by atoms with Crippen LogP contribution in [0, 0.1) is 11.6 Å². The van der Waals surface area contributed by atoms with Crippen molar-refractivity contribution in [2.75, 3.05) is 13.7 Å². The molecule has 3 aromatic carbocycles. The minimum Gasteiger partial charge on any atom is -0.465 e. The zero-order chi connectivity index (χ0) is 26.9. The van der Waals surface area contributed by atoms with Crippen molar-refractivity contribution in [2.24, 2.45) is 0 Å². The standard InChI is InChI=1S/C30H29ClF2N2O3/c1-3-38-27(19-7-9-21(10-8-19)29(36)37-2)30(15-5-4-6-16-30)35-26-18-24(33)23(32)17-25(26)34-28(35)20-11-13-22(31)14-12-20/h7-14,17-18,27H,3-6,15-16H2,1-2H3. The van der Waals surface area contributed by atoms with Crippen LogP contribution in [0.15, 0.2) is 60.7 Å². The topological polar surface area (TPSA) is 53.4 Å². The number of halogens is 3. The molecule has 0 radical (unpaired) electrons. The van der Waals surface area contributed by atoms with Crippen molar-refractivity contribution in [3.63, 3.8) is 0 Å². The molecule has 5 nitrogen and oxygen atoms in total. The summed E-state index contributed by atoms with van der Waals surface area (Å²) in [4.78, 5) is 16.9. The highest BCUT2D eigenvalue weighted by Gasteiger charge is 2.45. The minimum absolute atomic E-state index is 0.370. The van der Waals surface area contributed by atoms with Crippen LogP contribution in [0.4, 0.5) is 8.78 Å². The second-order valence-electron chi connectivity index (χ2n) is 9.65. The van der Waals surface area contributed by atoms with Crippen LogP contribution in [0.25, 0.3) is 22.4 Å². The van der Waals surface area contributed by atoms with E-state index >= 15 is 0 Å². The Morgan fingerprint density at radius 2 is 1.68 bits per heavy atom. The van der Waals surface area contributed by atoms with Crippen LogP contribution in [0.2, 0.25) is 5.02 Å². The second-order valence-corrected chi connectivity index (χ2v) is 10.1. The summed E-state index contributed by atoms with van der Waals surface area (Å²) in [6.45, 7) is 2.38. The van der Waals surface area contributed by atoms with Crippen molar-refractivity contribution in [1.82, 2.24) is 9.55 Å². The summed E-state index contributed by atoms with van der Waals surface area (Å²) in [6.07, 6.45) is 4.01. The monoisotopic (exact) mass is 538 g/mol. The first-order valence-electron chi connectivity index (χ1n) is 12.8. The van der Waals surface area contributed by atoms with Crippen LogP contribution >= 0.6 is 11.6 Å². The van der Waals surface area contributed by atoms with Gasteiger partial charge in [0.2, 0.25) is 0 Å². The van der Waals surface area contributed by atoms with E-state index in [4.69, 9.17) is 26.1 Å². The molecular weight excluding hydrogens is 510 g/mol. The van der Waals surface area contributed by atoms with Gasteiger partial charge in [0.1, 0.15) is 11.9 Å². The number of carbonyl (C=O) groups excluding carboxylic acids is 1. The number of rotatable bonds is 7. The smallest absolute Gasteiger partial charge is 0.337 e. The Morgan fingerprint density at radius 3 is 2.32 bits per heavy atom. The fourth-order valence-electron chi connectivity index (χ4n) is 5.72. The van der Waals surface area contributed by atoms with Gasteiger partial charge in [0, 0.05) is 29.3 Å². The van der Waals surface area contributed by atoms with E-state index in [1.54, 1.807) is 24.3 Å². The highest BCUT2D eigenvalue weighted by Crippen LogP contribution is 2.50. The first-order chi connectivity index (χ1) is 18.4. The van der Waals surface area contributed by atoms with Crippen LogP contribution in [0.5, 0.6) is 0 Å². The Hall–Kier alpha value is -3.29. The van der Waals surface area contributed by atoms with E-state index in [0.717, 1.165) is 49.3 Å². The van der Waals surface area contributed by atoms with Crippen molar-refractivity contribution < 1.29 is 23.0 Å². The number of hydrogen-bond acceptors (Lipinski definition) is 4. The second kappa shape index (κ2) is 10.8. The van der Waals surface area contributed by atoms with E-state index in [2.05, 4.69) is 4.57 Å². The molecule has 1 heterocycles. The first kappa shape index (κ1) is 26.3. The number of methoxy groups -OCH3 is 1. The number of carbonyl (C=O) groups is 1. The molecule has 1 saturated carbocycles. The Labute approximate surface area is 225 Å². The molecule has 1 aromatic heterocycles. The maximum Gasteiger partial charge on any atom is 0.337 e. The molecule has 198 valence electrons. The lowest BCUT2D eigenvalue weighted by Gasteiger charge is -2.46. The number of ether oxygens (including phenoxy) is 2. The van der Waals surface area contributed by atoms with E-state index < -0.39 is 29.2 Å². The molecule has 1 fully saturated rings. The molecule has 1 atom stereocenters. The van der Waals surface area contributed by atoms with Crippen molar-refractivity contribution in [2.45, 2.75) is 50.7 Å². The maximum atomic E-state index is 14.7. The van der Waals surface area contributed by atoms with Crippen molar-refractivity contribution >= 4 is 28.6 Å². The molecule has 5 rings (SSSR count). The molecule has 0 spiro atoms. The van der Waals surface area contributed by atoms with Crippen LogP contribution in [-0.4, -0.2) is 29.2 Å². The number of nitrogens with zero attached hydrogens (tertiary/aromatic N) is 2. The molecule has 0 bridgehead atoms. The number of fused-ring (bicyclic) bond motifs is 1. The third-order valence-corrected chi connectivity index (χ3v) is 7.67. The van der Waals surface area contributed by atoms with Crippen LogP contribution < -0.4 is 0 Å². The van der Waals surface area contributed by atoms with Gasteiger partial charge < -0.3 is 14.0 Å². The first-order valence-corrected chi connectivity index (χ1v) is 13.2. The lowest BCUT2D eigenvalue weighted by atomic mass is 9.74. The fraction of sp³-hybridized carbons (Fsp3) is 0.333. The molecule has 0 N–H and O–H groups in total. The summed E-state index contributed by atoms with van der Waals surface area (Å²) in [7, 11) is 1.35. The van der Waals surface area contributed by atoms with Gasteiger partial charge in [0.05, 0.1) is 29.2 Å². The summed E-state index contributed by atoms with van der Waals surface area (Å²) in [5, 5.41) is 0.582. The van der Waals surface area contributed by atoms with Gasteiger partial charge in [-0.05, 0) is 61.7 Å². The quantitative estimate of drug-likeness (QED) is 0.225. The van der Waals surface area contributed by atoms with Crippen molar-refractivity contribution in [3.05, 3.63) is 88.4 Å². The summed E-state index contributed by atoms with van der Waals surface area (Å²) in [6, 6.07) is 16.9. The van der Waals surface area contributed by atoms with E-state index in [0.29, 0.717) is 34.1 Å². The summed E-state index contributed by atoms with van der Waals surface area (Å²) in [5.74, 6) is -1.69. The minimum atomic E-state index is -0.942. The van der Waals surface area contributed by atoms with Gasteiger partial charge in [-0.25, -0.2) is 18.6 Å². The Kier molecular flexibility index (Phi) is 7.50. The maximum absolute atomic E-state index is 14.7. The zero-order valence-electron chi connectivity index (χ0n) is 21.3.